The molecule has 1 rings (SSSR count). The van der Waals surface area contributed by atoms with E-state index in [1.165, 1.54) is 5.57 Å². The summed E-state index contributed by atoms with van der Waals surface area (Å²) in [5.74, 6) is 0. The Labute approximate surface area is 98.7 Å². The van der Waals surface area contributed by atoms with Gasteiger partial charge in [0, 0.05) is 5.41 Å². The lowest BCUT2D eigenvalue weighted by Crippen LogP contribution is -2.31. The molecule has 0 N–H and O–H groups in total. The van der Waals surface area contributed by atoms with Crippen LogP contribution >= 0.6 is 7.60 Å². The molecule has 1 atom stereocenters. The molecule has 0 aliphatic carbocycles. The second kappa shape index (κ2) is 4.64. The maximum atomic E-state index is 12.5. The van der Waals surface area contributed by atoms with Crippen LogP contribution in [0.4, 0.5) is 0 Å². The minimum Gasteiger partial charge on any atom is -0.308 e. The van der Waals surface area contributed by atoms with Gasteiger partial charge in [-0.1, -0.05) is 25.0 Å². The van der Waals surface area contributed by atoms with Gasteiger partial charge in [-0.25, -0.2) is 0 Å². The third-order valence-corrected chi connectivity index (χ3v) is 5.47. The van der Waals surface area contributed by atoms with E-state index in [1.807, 2.05) is 27.7 Å². The average Bonchev–Trinajstić information content (AvgIpc) is 2.20. The minimum atomic E-state index is -2.95. The van der Waals surface area contributed by atoms with Gasteiger partial charge in [0.2, 0.25) is 0 Å². The summed E-state index contributed by atoms with van der Waals surface area (Å²) in [6.45, 7) is 13.1. The molecule has 1 unspecified atom stereocenters. The molecule has 0 aromatic carbocycles. The van der Waals surface area contributed by atoms with Crippen LogP contribution in [0.3, 0.4) is 0 Å². The minimum absolute atomic E-state index is 0.0352. The third-order valence-electron chi connectivity index (χ3n) is 3.16. The molecule has 0 spiro atoms. The number of hydrogen-bond acceptors (Lipinski definition) is 3. The van der Waals surface area contributed by atoms with E-state index in [-0.39, 0.29) is 11.1 Å². The van der Waals surface area contributed by atoms with E-state index in [0.717, 1.165) is 5.57 Å². The van der Waals surface area contributed by atoms with Crippen molar-refractivity contribution in [1.29, 1.82) is 0 Å². The second-order valence-electron chi connectivity index (χ2n) is 5.61. The molecular formula is C12H23O3P. The molecule has 1 aliphatic heterocycles. The maximum absolute atomic E-state index is 12.5. The summed E-state index contributed by atoms with van der Waals surface area (Å²) in [4.78, 5) is 0. The van der Waals surface area contributed by atoms with Crippen molar-refractivity contribution >= 4 is 7.60 Å². The van der Waals surface area contributed by atoms with Crippen LogP contribution in [0.15, 0.2) is 11.1 Å². The monoisotopic (exact) mass is 246 g/mol. The van der Waals surface area contributed by atoms with E-state index in [9.17, 15) is 4.57 Å². The van der Waals surface area contributed by atoms with E-state index in [1.54, 1.807) is 0 Å². The van der Waals surface area contributed by atoms with Gasteiger partial charge in [0.05, 0.1) is 18.9 Å². The lowest BCUT2D eigenvalue weighted by atomic mass is 9.97. The molecule has 1 heterocycles. The molecule has 4 heteroatoms. The molecule has 94 valence electrons. The van der Waals surface area contributed by atoms with Crippen molar-refractivity contribution in [2.24, 2.45) is 5.41 Å². The predicted molar refractivity (Wildman–Crippen MR) is 66.8 cm³/mol. The Balaban J connectivity index is 2.82. The fourth-order valence-corrected chi connectivity index (χ4v) is 3.80. The smallest absolute Gasteiger partial charge is 0.308 e. The Morgan fingerprint density at radius 3 is 2.00 bits per heavy atom. The summed E-state index contributed by atoms with van der Waals surface area (Å²) < 4.78 is 23.5. The van der Waals surface area contributed by atoms with Crippen molar-refractivity contribution in [2.45, 2.75) is 47.2 Å². The Morgan fingerprint density at radius 2 is 1.62 bits per heavy atom. The van der Waals surface area contributed by atoms with Crippen molar-refractivity contribution in [3.63, 3.8) is 0 Å². The van der Waals surface area contributed by atoms with Crippen LogP contribution in [0, 0.1) is 5.41 Å². The first-order valence-corrected chi connectivity index (χ1v) is 7.32. The number of allylic oxidation sites excluding steroid dienone is 2. The highest BCUT2D eigenvalue weighted by molar-refractivity contribution is 7.55. The maximum Gasteiger partial charge on any atom is 0.337 e. The van der Waals surface area contributed by atoms with Gasteiger partial charge < -0.3 is 9.05 Å². The van der Waals surface area contributed by atoms with E-state index in [0.29, 0.717) is 13.2 Å². The van der Waals surface area contributed by atoms with Crippen LogP contribution in [-0.4, -0.2) is 18.9 Å². The van der Waals surface area contributed by atoms with Crippen LogP contribution in [0.5, 0.6) is 0 Å². The zero-order valence-corrected chi connectivity index (χ0v) is 12.1. The Kier molecular flexibility index (Phi) is 4.04. The average molecular weight is 246 g/mol. The summed E-state index contributed by atoms with van der Waals surface area (Å²) in [6.07, 6.45) is 0. The zero-order valence-electron chi connectivity index (χ0n) is 11.2. The van der Waals surface area contributed by atoms with Crippen molar-refractivity contribution in [3.05, 3.63) is 11.1 Å². The molecule has 0 radical (unpaired) electrons. The Hall–Kier alpha value is -0.110. The predicted octanol–water partition coefficient (Wildman–Crippen LogP) is 4.00. The van der Waals surface area contributed by atoms with Crippen molar-refractivity contribution in [1.82, 2.24) is 0 Å². The van der Waals surface area contributed by atoms with E-state index < -0.39 is 7.60 Å². The first-order chi connectivity index (χ1) is 7.18. The van der Waals surface area contributed by atoms with Gasteiger partial charge in [-0.15, -0.1) is 0 Å². The summed E-state index contributed by atoms with van der Waals surface area (Å²) >= 11 is 0. The highest BCUT2D eigenvalue weighted by Gasteiger charge is 2.41. The molecule has 1 aliphatic rings. The fraction of sp³-hybridized carbons (Fsp3) is 0.833. The summed E-state index contributed by atoms with van der Waals surface area (Å²) in [5.41, 5.74) is 2.10. The van der Waals surface area contributed by atoms with Crippen LogP contribution in [0.2, 0.25) is 0 Å². The van der Waals surface area contributed by atoms with Gasteiger partial charge in [-0.3, -0.25) is 4.57 Å². The van der Waals surface area contributed by atoms with Crippen molar-refractivity contribution in [3.8, 4) is 0 Å². The van der Waals surface area contributed by atoms with Gasteiger partial charge >= 0.3 is 7.60 Å². The van der Waals surface area contributed by atoms with Crippen LogP contribution < -0.4 is 0 Å². The first-order valence-electron chi connectivity index (χ1n) is 5.71. The van der Waals surface area contributed by atoms with Gasteiger partial charge in [-0.05, 0) is 27.7 Å². The van der Waals surface area contributed by atoms with E-state index in [2.05, 4.69) is 13.8 Å². The third kappa shape index (κ3) is 2.97. The van der Waals surface area contributed by atoms with Gasteiger partial charge in [0.1, 0.15) is 0 Å². The number of rotatable bonds is 2. The Bertz CT molecular complexity index is 326. The topological polar surface area (TPSA) is 35.5 Å². The molecule has 0 aromatic rings. The molecule has 0 aromatic heterocycles. The molecular weight excluding hydrogens is 223 g/mol. The van der Waals surface area contributed by atoms with Gasteiger partial charge in [0.25, 0.3) is 0 Å². The lowest BCUT2D eigenvalue weighted by molar-refractivity contribution is 0.0395. The van der Waals surface area contributed by atoms with E-state index in [4.69, 9.17) is 9.05 Å². The summed E-state index contributed by atoms with van der Waals surface area (Å²) in [5, 5.41) is 0. The standard InChI is InChI=1S/C12H23O3P/c1-9(2)10(3)11(4)16(13)14-7-12(5,6)8-15-16/h11H,7-8H2,1-6H3. The fourth-order valence-electron chi connectivity index (χ4n) is 1.49. The largest absolute Gasteiger partial charge is 0.337 e. The van der Waals surface area contributed by atoms with E-state index >= 15 is 0 Å². The lowest BCUT2D eigenvalue weighted by Gasteiger charge is -2.36. The van der Waals surface area contributed by atoms with Gasteiger partial charge in [-0.2, -0.15) is 0 Å². The Morgan fingerprint density at radius 1 is 1.19 bits per heavy atom. The molecule has 0 saturated carbocycles. The zero-order chi connectivity index (χ0) is 12.6. The summed E-state index contributed by atoms with van der Waals surface area (Å²) in [7, 11) is -2.95. The highest BCUT2D eigenvalue weighted by atomic mass is 31.2. The van der Waals surface area contributed by atoms with Crippen LogP contribution in [0.1, 0.15) is 41.5 Å². The summed E-state index contributed by atoms with van der Waals surface area (Å²) in [6, 6.07) is 0. The first kappa shape index (κ1) is 14.0. The number of hydrogen-bond donors (Lipinski definition) is 0. The van der Waals surface area contributed by atoms with Crippen molar-refractivity contribution in [2.75, 3.05) is 13.2 Å². The molecule has 1 fully saturated rings. The van der Waals surface area contributed by atoms with Crippen LogP contribution in [0.25, 0.3) is 0 Å². The van der Waals surface area contributed by atoms with Crippen molar-refractivity contribution < 1.29 is 13.6 Å². The molecule has 0 bridgehead atoms. The highest BCUT2D eigenvalue weighted by Crippen LogP contribution is 2.59. The molecule has 0 amide bonds. The molecule has 16 heavy (non-hydrogen) atoms. The molecule has 1 saturated heterocycles. The second-order valence-corrected chi connectivity index (χ2v) is 7.98. The molecule has 3 nitrogen and oxygen atoms in total. The quantitative estimate of drug-likeness (QED) is 0.545. The normalized spacial score (nSPS) is 24.9. The van der Waals surface area contributed by atoms with Crippen LogP contribution in [-0.2, 0) is 13.6 Å². The van der Waals surface area contributed by atoms with Gasteiger partial charge in [0.15, 0.2) is 0 Å². The SMILES string of the molecule is CC(C)=C(C)C(C)P1(=O)OCC(C)(C)CO1.